The predicted molar refractivity (Wildman–Crippen MR) is 267 cm³/mol. The molecule has 10 nitrogen and oxygen atoms in total. The summed E-state index contributed by atoms with van der Waals surface area (Å²) in [6.45, 7) is 23.7. The largest absolute Gasteiger partial charge is 2.00 e. The number of ether oxygens (including phenoxy) is 2. The first-order valence-corrected chi connectivity index (χ1v) is 24.9. The van der Waals surface area contributed by atoms with Gasteiger partial charge in [-0.25, -0.2) is 4.79 Å². The summed E-state index contributed by atoms with van der Waals surface area (Å²) in [7, 11) is 1.28. The van der Waals surface area contributed by atoms with Crippen molar-refractivity contribution in [3.8, 4) is 0 Å². The second kappa shape index (κ2) is 23.5. The molecule has 2 saturated heterocycles. The molecule has 2 aromatic rings. The number of esters is 2. The molecule has 356 valence electrons. The first kappa shape index (κ1) is 53.1. The van der Waals surface area contributed by atoms with Crippen LogP contribution >= 0.6 is 0 Å². The van der Waals surface area contributed by atoms with Gasteiger partial charge in [-0.15, -0.1) is 22.8 Å². The van der Waals surface area contributed by atoms with Gasteiger partial charge in [-0.2, -0.15) is 17.1 Å². The average molecular weight is 914 g/mol. The van der Waals surface area contributed by atoms with Gasteiger partial charge in [0.2, 0.25) is 0 Å². The standard InChI is InChI=1S/C55H78N4O6.Mg/c1-13-39-34(7)41-29-46-48(38(11)60)36(9)43(57-46)27-42-35(8)40(52(58-42)50-51(55(63)64-12)54(62)49-37(10)44(59-53(49)50)28-45(39)56-41)23-24-47(61)65-26-25-33(6)22-16-21-32(5)20-15-19-31(4)18-14-17-30(2)3;/h27-35,39-40,52H,13-26H2,1-12H3,(H2-2,56,57,58,59,60,62,63);/q-2;+2/p-2/t31-,32-,33?,34-,35+,39-,40+,52?;/m1./s1. The fourth-order valence-electron chi connectivity index (χ4n) is 10.9. The van der Waals surface area contributed by atoms with Gasteiger partial charge in [0.25, 0.3) is 0 Å². The van der Waals surface area contributed by atoms with E-state index in [1.54, 1.807) is 6.92 Å². The Morgan fingerprint density at radius 3 is 1.91 bits per heavy atom. The van der Waals surface area contributed by atoms with Crippen LogP contribution in [0.25, 0.3) is 34.4 Å². The Bertz CT molecular complexity index is 2220. The molecule has 4 aliphatic rings. The summed E-state index contributed by atoms with van der Waals surface area (Å²) in [4.78, 5) is 64.7. The summed E-state index contributed by atoms with van der Waals surface area (Å²) in [5.41, 5.74) is 7.38. The van der Waals surface area contributed by atoms with Crippen LogP contribution in [0, 0.1) is 61.2 Å². The van der Waals surface area contributed by atoms with Gasteiger partial charge in [-0.3, -0.25) is 14.4 Å². The third-order valence-corrected chi connectivity index (χ3v) is 15.1. The van der Waals surface area contributed by atoms with E-state index in [4.69, 9.17) is 30.1 Å². The topological polar surface area (TPSA) is 143 Å². The molecule has 0 aromatic carbocycles. The quantitative estimate of drug-likeness (QED) is 0.0521. The Morgan fingerprint density at radius 1 is 0.742 bits per heavy atom. The van der Waals surface area contributed by atoms with Crippen LogP contribution in [0.4, 0.5) is 0 Å². The Balaban J connectivity index is 0.00000817. The molecule has 0 radical (unpaired) electrons. The van der Waals surface area contributed by atoms with Crippen LogP contribution in [0.1, 0.15) is 200 Å². The van der Waals surface area contributed by atoms with Crippen molar-refractivity contribution in [2.24, 2.45) is 47.3 Å². The van der Waals surface area contributed by atoms with E-state index in [1.807, 2.05) is 32.1 Å². The minimum Gasteiger partial charge on any atom is -0.681 e. The van der Waals surface area contributed by atoms with Gasteiger partial charge in [0.15, 0.2) is 11.6 Å². The van der Waals surface area contributed by atoms with Crippen LogP contribution in [-0.4, -0.2) is 66.3 Å². The molecule has 5 heterocycles. The van der Waals surface area contributed by atoms with E-state index in [9.17, 15) is 19.2 Å². The second-order valence-electron chi connectivity index (χ2n) is 20.6. The molecule has 0 N–H and O–H groups in total. The van der Waals surface area contributed by atoms with Crippen molar-refractivity contribution in [2.75, 3.05) is 13.7 Å². The number of aromatic nitrogens is 2. The van der Waals surface area contributed by atoms with Crippen LogP contribution < -0.4 is 9.97 Å². The number of fused-ring (bicyclic) bond motifs is 8. The Labute approximate surface area is 412 Å². The maximum absolute atomic E-state index is 14.4. The van der Waals surface area contributed by atoms with Gasteiger partial charge in [0, 0.05) is 17.5 Å². The molecule has 8 atom stereocenters. The van der Waals surface area contributed by atoms with Crippen molar-refractivity contribution in [3.05, 3.63) is 78.3 Å². The van der Waals surface area contributed by atoms with E-state index in [0.29, 0.717) is 69.7 Å². The summed E-state index contributed by atoms with van der Waals surface area (Å²) < 4.78 is 11.1. The van der Waals surface area contributed by atoms with E-state index in [1.165, 1.54) is 58.5 Å². The maximum atomic E-state index is 14.4. The molecule has 8 bridgehead atoms. The van der Waals surface area contributed by atoms with Gasteiger partial charge in [-0.1, -0.05) is 161 Å². The van der Waals surface area contributed by atoms with Gasteiger partial charge >= 0.3 is 35.0 Å². The number of Topliss-reactive ketones (excluding diaryl/α,β-unsaturated/α-hetero) is 2. The zero-order chi connectivity index (χ0) is 47.3. The molecule has 0 amide bonds. The second-order valence-corrected chi connectivity index (χ2v) is 20.6. The van der Waals surface area contributed by atoms with Crippen LogP contribution in [0.3, 0.4) is 0 Å². The molecule has 2 unspecified atom stereocenters. The first-order chi connectivity index (χ1) is 30.9. The van der Waals surface area contributed by atoms with E-state index in [0.717, 1.165) is 54.0 Å². The third kappa shape index (κ3) is 11.9. The third-order valence-electron chi connectivity index (χ3n) is 15.1. The van der Waals surface area contributed by atoms with Crippen molar-refractivity contribution < 1.29 is 28.7 Å². The maximum Gasteiger partial charge on any atom is 2.00 e. The molecule has 6 rings (SSSR count). The first-order valence-electron chi connectivity index (χ1n) is 24.9. The normalized spacial score (nSPS) is 24.6. The van der Waals surface area contributed by atoms with E-state index in [2.05, 4.69) is 55.4 Å². The average Bonchev–Trinajstić information content (AvgIpc) is 4.00. The number of ketones is 2. The summed E-state index contributed by atoms with van der Waals surface area (Å²) in [5.74, 6) is 0.941. The molecule has 2 fully saturated rings. The van der Waals surface area contributed by atoms with Crippen LogP contribution in [-0.2, 0) is 19.1 Å². The van der Waals surface area contributed by atoms with E-state index >= 15 is 0 Å². The number of rotatable bonds is 21. The van der Waals surface area contributed by atoms with E-state index in [-0.39, 0.29) is 70.5 Å². The number of carbonyl (C=O) groups excluding carboxylic acids is 4. The summed E-state index contributed by atoms with van der Waals surface area (Å²) in [6.07, 6.45) is 19.6. The summed E-state index contributed by atoms with van der Waals surface area (Å²) in [6, 6.07) is -0.681. The molecular formula is C55H76MgN4O6-2. The van der Waals surface area contributed by atoms with Crippen molar-refractivity contribution in [1.29, 1.82) is 0 Å². The van der Waals surface area contributed by atoms with Gasteiger partial charge in [-0.05, 0) is 81.0 Å². The van der Waals surface area contributed by atoms with Crippen LogP contribution in [0.2, 0.25) is 0 Å². The smallest absolute Gasteiger partial charge is 0.681 e. The fourth-order valence-corrected chi connectivity index (χ4v) is 10.9. The van der Waals surface area contributed by atoms with Crippen LogP contribution in [0.15, 0.2) is 22.7 Å². The Hall–Kier alpha value is -3.83. The Morgan fingerprint density at radius 2 is 1.32 bits per heavy atom. The number of allylic oxidation sites excluding steroid dienone is 3. The monoisotopic (exact) mass is 913 g/mol. The molecule has 3 aliphatic heterocycles. The minimum atomic E-state index is -0.735. The number of hydrogen-bond donors (Lipinski definition) is 0. The molecule has 11 heteroatoms. The Kier molecular flexibility index (Phi) is 18.9. The molecule has 1 aliphatic carbocycles. The number of carbonyl (C=O) groups is 4. The summed E-state index contributed by atoms with van der Waals surface area (Å²) >= 11 is 0. The predicted octanol–water partition coefficient (Wildman–Crippen LogP) is 12.7. The van der Waals surface area contributed by atoms with Crippen molar-refractivity contribution in [2.45, 2.75) is 166 Å². The van der Waals surface area contributed by atoms with Gasteiger partial charge < -0.3 is 30.1 Å². The number of methoxy groups -OCH3 is 1. The van der Waals surface area contributed by atoms with Crippen molar-refractivity contribution in [1.82, 2.24) is 9.97 Å². The fraction of sp³-hybridized carbons (Fsp3) is 0.636. The van der Waals surface area contributed by atoms with Gasteiger partial charge in [0.1, 0.15) is 5.57 Å². The minimum absolute atomic E-state index is 0. The van der Waals surface area contributed by atoms with Gasteiger partial charge in [0.05, 0.1) is 13.7 Å². The van der Waals surface area contributed by atoms with Crippen LogP contribution in [0.5, 0.6) is 0 Å². The van der Waals surface area contributed by atoms with Crippen molar-refractivity contribution in [3.63, 3.8) is 0 Å². The number of hydrogen-bond acceptors (Lipinski definition) is 6. The SMILES string of the molecule is CC[C@H]1/C2=C/c3[n-]c4c(c3C)C(=O)C(C(=O)OC)=C4C3[N-]/C(=C\c4[n-]c(c(C(C)=O)c4C)/C=C(\[N-]2)[C@@H]1C)[C@@H](C)[C@@H]3CCC(=O)OCCC(C)CCC[C@H](C)CCC[C@H](C)CCCC(C)C.[Mg+2]. The molecule has 66 heavy (non-hydrogen) atoms. The molecule has 0 spiro atoms. The molecular weight excluding hydrogens is 837 g/mol. The van der Waals surface area contributed by atoms with Crippen molar-refractivity contribution >= 4 is 70.4 Å². The summed E-state index contributed by atoms with van der Waals surface area (Å²) in [5, 5.41) is 10.4. The van der Waals surface area contributed by atoms with E-state index < -0.39 is 17.8 Å². The number of nitrogens with zero attached hydrogens (tertiary/aromatic N) is 4. The zero-order valence-electron chi connectivity index (χ0n) is 42.3. The molecule has 2 aromatic heterocycles. The zero-order valence-corrected chi connectivity index (χ0v) is 43.7. The molecule has 0 saturated carbocycles.